The van der Waals surface area contributed by atoms with E-state index in [4.69, 9.17) is 4.74 Å². The lowest BCUT2D eigenvalue weighted by molar-refractivity contribution is 0.410. The van der Waals surface area contributed by atoms with E-state index in [1.807, 2.05) is 6.07 Å². The lowest BCUT2D eigenvalue weighted by atomic mass is 10.1. The van der Waals surface area contributed by atoms with Crippen molar-refractivity contribution >= 4 is 5.69 Å². The molecule has 1 atom stereocenters. The van der Waals surface area contributed by atoms with Crippen LogP contribution in [0.3, 0.4) is 0 Å². The molecule has 0 bridgehead atoms. The Bertz CT molecular complexity index is 346. The van der Waals surface area contributed by atoms with Gasteiger partial charge in [0.25, 0.3) is 0 Å². The predicted octanol–water partition coefficient (Wildman–Crippen LogP) is 2.03. The summed E-state index contributed by atoms with van der Waals surface area (Å²) < 4.78 is 5.32. The van der Waals surface area contributed by atoms with Gasteiger partial charge in [0.1, 0.15) is 5.75 Å². The van der Waals surface area contributed by atoms with Crippen molar-refractivity contribution in [1.29, 1.82) is 0 Å². The molecule has 3 nitrogen and oxygen atoms in total. The van der Waals surface area contributed by atoms with Crippen LogP contribution in [0, 0.1) is 0 Å². The van der Waals surface area contributed by atoms with Gasteiger partial charge >= 0.3 is 0 Å². The number of aryl methyl sites for hydroxylation is 1. The summed E-state index contributed by atoms with van der Waals surface area (Å²) in [6.45, 7) is 4.33. The van der Waals surface area contributed by atoms with Crippen molar-refractivity contribution in [3.63, 3.8) is 0 Å². The van der Waals surface area contributed by atoms with Crippen LogP contribution in [0.4, 0.5) is 5.69 Å². The molecule has 2 N–H and O–H groups in total. The molecule has 2 rings (SSSR count). The summed E-state index contributed by atoms with van der Waals surface area (Å²) in [5.41, 5.74) is 2.46. The maximum absolute atomic E-state index is 5.32. The second-order valence-electron chi connectivity index (χ2n) is 4.21. The number of anilines is 1. The topological polar surface area (TPSA) is 33.3 Å². The summed E-state index contributed by atoms with van der Waals surface area (Å²) in [4.78, 5) is 0. The van der Waals surface area contributed by atoms with E-state index in [9.17, 15) is 0 Å². The largest absolute Gasteiger partial charge is 0.496 e. The molecule has 0 amide bonds. The predicted molar refractivity (Wildman–Crippen MR) is 67.3 cm³/mol. The van der Waals surface area contributed by atoms with Crippen molar-refractivity contribution in [3.8, 4) is 5.75 Å². The highest BCUT2D eigenvalue weighted by atomic mass is 16.5. The summed E-state index contributed by atoms with van der Waals surface area (Å²) in [5, 5.41) is 6.91. The summed E-state index contributed by atoms with van der Waals surface area (Å²) >= 11 is 0. The molecule has 1 fully saturated rings. The number of rotatable bonds is 4. The number of methoxy groups -OCH3 is 1. The summed E-state index contributed by atoms with van der Waals surface area (Å²) in [7, 11) is 1.72. The lowest BCUT2D eigenvalue weighted by Gasteiger charge is -2.15. The van der Waals surface area contributed by atoms with Gasteiger partial charge in [-0.1, -0.05) is 6.92 Å². The zero-order valence-electron chi connectivity index (χ0n) is 10.0. The van der Waals surface area contributed by atoms with Crippen LogP contribution in [-0.2, 0) is 6.42 Å². The molecule has 1 aliphatic heterocycles. The smallest absolute Gasteiger partial charge is 0.122 e. The van der Waals surface area contributed by atoms with E-state index in [1.54, 1.807) is 7.11 Å². The first-order valence-corrected chi connectivity index (χ1v) is 5.97. The third kappa shape index (κ3) is 2.47. The minimum absolute atomic E-state index is 0.568. The van der Waals surface area contributed by atoms with Gasteiger partial charge < -0.3 is 15.4 Å². The van der Waals surface area contributed by atoms with Gasteiger partial charge in [-0.2, -0.15) is 0 Å². The fourth-order valence-corrected chi connectivity index (χ4v) is 2.16. The normalized spacial score (nSPS) is 19.8. The Morgan fingerprint density at radius 2 is 2.38 bits per heavy atom. The number of hydrogen-bond donors (Lipinski definition) is 2. The molecule has 1 aromatic carbocycles. The Hall–Kier alpha value is -1.22. The summed E-state index contributed by atoms with van der Waals surface area (Å²) in [6, 6.07) is 6.90. The third-order valence-corrected chi connectivity index (χ3v) is 3.09. The van der Waals surface area contributed by atoms with Crippen LogP contribution in [0.1, 0.15) is 18.9 Å². The van der Waals surface area contributed by atoms with Gasteiger partial charge in [-0.3, -0.25) is 0 Å². The fraction of sp³-hybridized carbons (Fsp3) is 0.538. The Kier molecular flexibility index (Phi) is 3.67. The minimum Gasteiger partial charge on any atom is -0.496 e. The standard InChI is InChI=1S/C13H20N2O/c1-3-10-8-11(4-5-13(10)16-2)15-12-6-7-14-9-12/h4-5,8,12,14-15H,3,6-7,9H2,1-2H3. The average molecular weight is 220 g/mol. The maximum atomic E-state index is 5.32. The van der Waals surface area contributed by atoms with Crippen LogP contribution in [-0.4, -0.2) is 26.2 Å². The SMILES string of the molecule is CCc1cc(NC2CCNC2)ccc1OC. The first-order valence-electron chi connectivity index (χ1n) is 5.97. The van der Waals surface area contributed by atoms with Crippen molar-refractivity contribution < 1.29 is 4.74 Å². The Morgan fingerprint density at radius 3 is 3.00 bits per heavy atom. The Morgan fingerprint density at radius 1 is 1.50 bits per heavy atom. The molecule has 0 radical (unpaired) electrons. The highest BCUT2D eigenvalue weighted by molar-refractivity contribution is 5.52. The Labute approximate surface area is 97.2 Å². The Balaban J connectivity index is 2.09. The highest BCUT2D eigenvalue weighted by Gasteiger charge is 2.14. The monoisotopic (exact) mass is 220 g/mol. The van der Waals surface area contributed by atoms with Crippen molar-refractivity contribution in [2.45, 2.75) is 25.8 Å². The second kappa shape index (κ2) is 5.21. The van der Waals surface area contributed by atoms with E-state index in [-0.39, 0.29) is 0 Å². The minimum atomic E-state index is 0.568. The molecule has 1 heterocycles. The zero-order chi connectivity index (χ0) is 11.4. The van der Waals surface area contributed by atoms with E-state index >= 15 is 0 Å². The molecular formula is C13H20N2O. The molecule has 88 valence electrons. The molecule has 16 heavy (non-hydrogen) atoms. The molecular weight excluding hydrogens is 200 g/mol. The number of benzene rings is 1. The van der Waals surface area contributed by atoms with E-state index in [1.165, 1.54) is 17.7 Å². The van der Waals surface area contributed by atoms with Gasteiger partial charge in [0.05, 0.1) is 7.11 Å². The average Bonchev–Trinajstić information content (AvgIpc) is 2.81. The number of ether oxygens (including phenoxy) is 1. The van der Waals surface area contributed by atoms with Crippen molar-refractivity contribution in [2.75, 3.05) is 25.5 Å². The zero-order valence-corrected chi connectivity index (χ0v) is 10.0. The van der Waals surface area contributed by atoms with Crippen molar-refractivity contribution in [3.05, 3.63) is 23.8 Å². The van der Waals surface area contributed by atoms with Gasteiger partial charge in [-0.15, -0.1) is 0 Å². The quantitative estimate of drug-likeness (QED) is 0.814. The van der Waals surface area contributed by atoms with Gasteiger partial charge in [0.2, 0.25) is 0 Å². The summed E-state index contributed by atoms with van der Waals surface area (Å²) in [6.07, 6.45) is 2.20. The van der Waals surface area contributed by atoms with Gasteiger partial charge in [0.15, 0.2) is 0 Å². The number of hydrogen-bond acceptors (Lipinski definition) is 3. The highest BCUT2D eigenvalue weighted by Crippen LogP contribution is 2.23. The van der Waals surface area contributed by atoms with E-state index in [0.717, 1.165) is 25.3 Å². The lowest BCUT2D eigenvalue weighted by Crippen LogP contribution is -2.22. The van der Waals surface area contributed by atoms with Crippen LogP contribution in [0.15, 0.2) is 18.2 Å². The van der Waals surface area contributed by atoms with E-state index in [2.05, 4.69) is 29.7 Å². The molecule has 3 heteroatoms. The molecule has 0 spiro atoms. The van der Waals surface area contributed by atoms with Crippen LogP contribution in [0.2, 0.25) is 0 Å². The van der Waals surface area contributed by atoms with Crippen molar-refractivity contribution in [1.82, 2.24) is 5.32 Å². The van der Waals surface area contributed by atoms with E-state index in [0.29, 0.717) is 6.04 Å². The van der Waals surface area contributed by atoms with Gasteiger partial charge in [-0.05, 0) is 43.1 Å². The first kappa shape index (κ1) is 11.3. The second-order valence-corrected chi connectivity index (χ2v) is 4.21. The molecule has 1 unspecified atom stereocenters. The van der Waals surface area contributed by atoms with Crippen LogP contribution < -0.4 is 15.4 Å². The number of nitrogens with one attached hydrogen (secondary N) is 2. The molecule has 0 aromatic heterocycles. The van der Waals surface area contributed by atoms with Crippen LogP contribution in [0.5, 0.6) is 5.75 Å². The fourth-order valence-electron chi connectivity index (χ4n) is 2.16. The van der Waals surface area contributed by atoms with Gasteiger partial charge in [-0.25, -0.2) is 0 Å². The van der Waals surface area contributed by atoms with Crippen LogP contribution in [0.25, 0.3) is 0 Å². The summed E-state index contributed by atoms with van der Waals surface area (Å²) in [5.74, 6) is 0.984. The van der Waals surface area contributed by atoms with Crippen molar-refractivity contribution in [2.24, 2.45) is 0 Å². The molecule has 0 aliphatic carbocycles. The van der Waals surface area contributed by atoms with Crippen LogP contribution >= 0.6 is 0 Å². The molecule has 1 saturated heterocycles. The maximum Gasteiger partial charge on any atom is 0.122 e. The van der Waals surface area contributed by atoms with E-state index < -0.39 is 0 Å². The molecule has 0 saturated carbocycles. The third-order valence-electron chi connectivity index (χ3n) is 3.09. The first-order chi connectivity index (χ1) is 7.83. The molecule has 1 aromatic rings. The van der Waals surface area contributed by atoms with Gasteiger partial charge in [0, 0.05) is 18.3 Å². The molecule has 1 aliphatic rings.